The molecule has 5 heteroatoms. The van der Waals surface area contributed by atoms with Crippen LogP contribution < -0.4 is 4.90 Å². The summed E-state index contributed by atoms with van der Waals surface area (Å²) >= 11 is 1.67. The first-order chi connectivity index (χ1) is 11.2. The Hall–Kier alpha value is -2.14. The quantitative estimate of drug-likeness (QED) is 0.795. The highest BCUT2D eigenvalue weighted by atomic mass is 32.2. The van der Waals surface area contributed by atoms with Crippen LogP contribution in [0.2, 0.25) is 0 Å². The summed E-state index contributed by atoms with van der Waals surface area (Å²) in [6.07, 6.45) is 1.06. The van der Waals surface area contributed by atoms with Crippen LogP contribution in [0.4, 0.5) is 10.1 Å². The van der Waals surface area contributed by atoms with Crippen LogP contribution in [0.25, 0.3) is 0 Å². The van der Waals surface area contributed by atoms with Crippen LogP contribution in [-0.4, -0.2) is 29.8 Å². The van der Waals surface area contributed by atoms with E-state index in [2.05, 4.69) is 4.99 Å². The number of rotatable bonds is 4. The second kappa shape index (κ2) is 7.42. The Kier molecular flexibility index (Phi) is 5.08. The van der Waals surface area contributed by atoms with Crippen molar-refractivity contribution in [2.75, 3.05) is 23.7 Å². The third-order valence-electron chi connectivity index (χ3n) is 3.55. The second-order valence-electron chi connectivity index (χ2n) is 5.22. The van der Waals surface area contributed by atoms with Gasteiger partial charge in [-0.3, -0.25) is 9.79 Å². The van der Waals surface area contributed by atoms with Gasteiger partial charge in [0.2, 0.25) is 0 Å². The number of amidine groups is 1. The molecule has 1 aliphatic heterocycles. The van der Waals surface area contributed by atoms with Crippen LogP contribution in [0, 0.1) is 5.82 Å². The Morgan fingerprint density at radius 1 is 1.13 bits per heavy atom. The molecular formula is C18H17FN2OS. The molecule has 23 heavy (non-hydrogen) atoms. The summed E-state index contributed by atoms with van der Waals surface area (Å²) in [5.41, 5.74) is 1.45. The molecule has 0 N–H and O–H groups in total. The van der Waals surface area contributed by atoms with Crippen molar-refractivity contribution >= 4 is 28.4 Å². The molecule has 118 valence electrons. The van der Waals surface area contributed by atoms with Crippen molar-refractivity contribution in [3.05, 3.63) is 66.0 Å². The number of carbonyl (C=O) groups excluding carboxylic acids is 1. The number of nitrogens with zero attached hydrogens (tertiary/aromatic N) is 2. The summed E-state index contributed by atoms with van der Waals surface area (Å²) in [5.74, 6) is 0.615. The van der Waals surface area contributed by atoms with E-state index >= 15 is 0 Å². The first-order valence-electron chi connectivity index (χ1n) is 7.52. The summed E-state index contributed by atoms with van der Waals surface area (Å²) < 4.78 is 13.0. The molecule has 3 rings (SSSR count). The molecule has 3 nitrogen and oxygen atoms in total. The third kappa shape index (κ3) is 3.99. The number of halogens is 1. The lowest BCUT2D eigenvalue weighted by Crippen LogP contribution is -2.35. The highest BCUT2D eigenvalue weighted by molar-refractivity contribution is 8.14. The van der Waals surface area contributed by atoms with Gasteiger partial charge in [0.25, 0.3) is 0 Å². The highest BCUT2D eigenvalue weighted by Crippen LogP contribution is 2.23. The Morgan fingerprint density at radius 2 is 1.87 bits per heavy atom. The number of Topliss-reactive ketones (excluding diaryl/α,β-unsaturated/α-hetero) is 1. The first kappa shape index (κ1) is 15.7. The van der Waals surface area contributed by atoms with Crippen molar-refractivity contribution in [1.82, 2.24) is 0 Å². The van der Waals surface area contributed by atoms with Gasteiger partial charge in [-0.2, -0.15) is 0 Å². The minimum absolute atomic E-state index is 0.0530. The Balaban J connectivity index is 1.85. The molecule has 0 bridgehead atoms. The fraction of sp³-hybridized carbons (Fsp3) is 0.222. The molecule has 0 saturated carbocycles. The SMILES string of the molecule is O=C(CN(C1=NCCCS1)c1ccccc1)c1ccc(F)cc1. The number of thioether (sulfide) groups is 1. The van der Waals surface area contributed by atoms with Crippen LogP contribution in [0.1, 0.15) is 16.8 Å². The van der Waals surface area contributed by atoms with E-state index in [0.29, 0.717) is 5.56 Å². The molecule has 0 saturated heterocycles. The monoisotopic (exact) mass is 328 g/mol. The van der Waals surface area contributed by atoms with Gasteiger partial charge in [0, 0.05) is 23.5 Å². The first-order valence-corrected chi connectivity index (χ1v) is 8.51. The highest BCUT2D eigenvalue weighted by Gasteiger charge is 2.20. The van der Waals surface area contributed by atoms with E-state index in [1.165, 1.54) is 24.3 Å². The van der Waals surface area contributed by atoms with E-state index in [9.17, 15) is 9.18 Å². The molecule has 0 aromatic heterocycles. The number of benzene rings is 2. The van der Waals surface area contributed by atoms with Crippen molar-refractivity contribution < 1.29 is 9.18 Å². The number of hydrogen-bond donors (Lipinski definition) is 0. The number of carbonyl (C=O) groups is 1. The van der Waals surface area contributed by atoms with Gasteiger partial charge in [-0.25, -0.2) is 4.39 Å². The smallest absolute Gasteiger partial charge is 0.182 e. The van der Waals surface area contributed by atoms with Crippen LogP contribution in [-0.2, 0) is 0 Å². The molecular weight excluding hydrogens is 311 g/mol. The number of para-hydroxylation sites is 1. The molecule has 2 aromatic carbocycles. The van der Waals surface area contributed by atoms with Gasteiger partial charge in [0.05, 0.1) is 6.54 Å². The minimum atomic E-state index is -0.339. The van der Waals surface area contributed by atoms with Gasteiger partial charge in [-0.1, -0.05) is 30.0 Å². The Labute approximate surface area is 139 Å². The summed E-state index contributed by atoms with van der Waals surface area (Å²) in [5, 5.41) is 0.873. The molecule has 0 unspecified atom stereocenters. The Morgan fingerprint density at radius 3 is 2.52 bits per heavy atom. The lowest BCUT2D eigenvalue weighted by Gasteiger charge is -2.27. The van der Waals surface area contributed by atoms with Crippen LogP contribution >= 0.6 is 11.8 Å². The zero-order chi connectivity index (χ0) is 16.1. The predicted octanol–water partition coefficient (Wildman–Crippen LogP) is 4.01. The molecule has 0 spiro atoms. The lowest BCUT2D eigenvalue weighted by atomic mass is 10.1. The Bertz CT molecular complexity index is 701. The normalized spacial score (nSPS) is 14.2. The molecule has 0 aliphatic carbocycles. The van der Waals surface area contributed by atoms with Gasteiger partial charge >= 0.3 is 0 Å². The van der Waals surface area contributed by atoms with Crippen LogP contribution in [0.3, 0.4) is 0 Å². The fourth-order valence-electron chi connectivity index (χ4n) is 2.36. The second-order valence-corrected chi connectivity index (χ2v) is 6.28. The lowest BCUT2D eigenvalue weighted by molar-refractivity contribution is 0.100. The summed E-state index contributed by atoms with van der Waals surface area (Å²) in [7, 11) is 0. The number of anilines is 1. The van der Waals surface area contributed by atoms with Gasteiger partial charge < -0.3 is 4.90 Å². The average Bonchev–Trinajstić information content (AvgIpc) is 2.61. The minimum Gasteiger partial charge on any atom is -0.313 e. The molecule has 0 fully saturated rings. The van der Waals surface area contributed by atoms with Crippen molar-refractivity contribution in [3.8, 4) is 0 Å². The topological polar surface area (TPSA) is 32.7 Å². The maximum atomic E-state index is 13.0. The molecule has 0 atom stereocenters. The fourth-order valence-corrected chi connectivity index (χ4v) is 3.32. The van der Waals surface area contributed by atoms with Crippen LogP contribution in [0.15, 0.2) is 59.6 Å². The van der Waals surface area contributed by atoms with Crippen molar-refractivity contribution in [3.63, 3.8) is 0 Å². The standard InChI is InChI=1S/C18H17FN2OS/c19-15-9-7-14(8-10-15)17(22)13-21(16-5-2-1-3-6-16)18-20-11-4-12-23-18/h1-3,5-10H,4,11-13H2. The molecule has 0 radical (unpaired) electrons. The van der Waals surface area contributed by atoms with Gasteiger partial charge in [-0.05, 0) is 42.8 Å². The van der Waals surface area contributed by atoms with Crippen molar-refractivity contribution in [2.45, 2.75) is 6.42 Å². The predicted molar refractivity (Wildman–Crippen MR) is 93.9 cm³/mol. The average molecular weight is 328 g/mol. The molecule has 0 amide bonds. The third-order valence-corrected chi connectivity index (χ3v) is 4.65. The van der Waals surface area contributed by atoms with E-state index in [-0.39, 0.29) is 18.1 Å². The summed E-state index contributed by atoms with van der Waals surface area (Å²) in [6.45, 7) is 0.984. The number of ketones is 1. The van der Waals surface area contributed by atoms with Crippen LogP contribution in [0.5, 0.6) is 0 Å². The zero-order valence-corrected chi connectivity index (χ0v) is 13.4. The maximum Gasteiger partial charge on any atom is 0.182 e. The largest absolute Gasteiger partial charge is 0.313 e. The molecule has 1 aliphatic rings. The van der Waals surface area contributed by atoms with E-state index in [1.807, 2.05) is 35.2 Å². The zero-order valence-electron chi connectivity index (χ0n) is 12.6. The van der Waals surface area contributed by atoms with Gasteiger partial charge in [0.15, 0.2) is 11.0 Å². The van der Waals surface area contributed by atoms with E-state index in [0.717, 1.165) is 29.6 Å². The maximum absolute atomic E-state index is 13.0. The van der Waals surface area contributed by atoms with E-state index in [1.54, 1.807) is 11.8 Å². The van der Waals surface area contributed by atoms with Gasteiger partial charge in [-0.15, -0.1) is 0 Å². The molecule has 2 aromatic rings. The van der Waals surface area contributed by atoms with Crippen molar-refractivity contribution in [1.29, 1.82) is 0 Å². The number of aliphatic imine (C=N–C) groups is 1. The van der Waals surface area contributed by atoms with Gasteiger partial charge in [0.1, 0.15) is 5.82 Å². The molecule has 1 heterocycles. The number of hydrogen-bond acceptors (Lipinski definition) is 4. The van der Waals surface area contributed by atoms with Crippen molar-refractivity contribution in [2.24, 2.45) is 4.99 Å². The van der Waals surface area contributed by atoms with E-state index < -0.39 is 0 Å². The summed E-state index contributed by atoms with van der Waals surface area (Å²) in [4.78, 5) is 19.1. The van der Waals surface area contributed by atoms with E-state index in [4.69, 9.17) is 0 Å². The summed E-state index contributed by atoms with van der Waals surface area (Å²) in [6, 6.07) is 15.4.